The summed E-state index contributed by atoms with van der Waals surface area (Å²) in [4.78, 5) is 36.1. The van der Waals surface area contributed by atoms with Crippen molar-refractivity contribution in [2.75, 3.05) is 13.1 Å². The molecule has 1 saturated heterocycles. The van der Waals surface area contributed by atoms with Gasteiger partial charge in [-0.25, -0.2) is 9.48 Å². The fourth-order valence-electron chi connectivity index (χ4n) is 2.60. The number of carbonyl (C=O) groups is 3. The molecule has 4 amide bonds. The number of benzene rings is 1. The first-order chi connectivity index (χ1) is 11.6. The zero-order valence-electron chi connectivity index (χ0n) is 13.1. The minimum Gasteiger partial charge on any atom is -0.348 e. The molecule has 2 aromatic rings. The first-order valence-electron chi connectivity index (χ1n) is 7.53. The summed E-state index contributed by atoms with van der Waals surface area (Å²) >= 11 is 0. The van der Waals surface area contributed by atoms with Gasteiger partial charge in [-0.3, -0.25) is 14.5 Å². The number of urea groups is 1. The van der Waals surface area contributed by atoms with Crippen LogP contribution in [0, 0.1) is 0 Å². The van der Waals surface area contributed by atoms with Crippen molar-refractivity contribution in [3.63, 3.8) is 0 Å². The van der Waals surface area contributed by atoms with Crippen molar-refractivity contribution in [3.05, 3.63) is 48.3 Å². The number of carbonyl (C=O) groups excluding carboxylic acids is 3. The molecule has 1 aromatic heterocycles. The summed E-state index contributed by atoms with van der Waals surface area (Å²) in [7, 11) is 0. The molecule has 0 bridgehead atoms. The largest absolute Gasteiger partial charge is 0.348 e. The number of nitrogens with zero attached hydrogens (tertiary/aromatic N) is 3. The zero-order valence-corrected chi connectivity index (χ0v) is 13.1. The summed E-state index contributed by atoms with van der Waals surface area (Å²) < 4.78 is 1.72. The predicted octanol–water partition coefficient (Wildman–Crippen LogP) is 0.601. The van der Waals surface area contributed by atoms with Gasteiger partial charge in [-0.2, -0.15) is 5.10 Å². The topological polar surface area (TPSA) is 96.3 Å². The molecule has 0 aliphatic carbocycles. The number of para-hydroxylation sites is 1. The number of hydrogen-bond donors (Lipinski definition) is 2. The molecule has 8 heteroatoms. The van der Waals surface area contributed by atoms with Gasteiger partial charge in [0.2, 0.25) is 5.91 Å². The van der Waals surface area contributed by atoms with Crippen LogP contribution in [0.2, 0.25) is 0 Å². The third-order valence-electron chi connectivity index (χ3n) is 3.77. The lowest BCUT2D eigenvalue weighted by Crippen LogP contribution is -2.41. The molecule has 1 aliphatic rings. The van der Waals surface area contributed by atoms with E-state index in [0.29, 0.717) is 0 Å². The Morgan fingerprint density at radius 1 is 1.33 bits per heavy atom. The van der Waals surface area contributed by atoms with Gasteiger partial charge in [0, 0.05) is 12.4 Å². The van der Waals surface area contributed by atoms with Gasteiger partial charge in [0.15, 0.2) is 0 Å². The predicted molar refractivity (Wildman–Crippen MR) is 85.2 cm³/mol. The smallest absolute Gasteiger partial charge is 0.325 e. The molecule has 0 saturated carbocycles. The Balaban J connectivity index is 1.71. The fourth-order valence-corrected chi connectivity index (χ4v) is 2.60. The molecule has 24 heavy (non-hydrogen) atoms. The van der Waals surface area contributed by atoms with Gasteiger partial charge in [-0.05, 0) is 24.6 Å². The maximum absolute atomic E-state index is 12.2. The lowest BCUT2D eigenvalue weighted by atomic mass is 10.1. The van der Waals surface area contributed by atoms with Crippen molar-refractivity contribution in [2.45, 2.75) is 13.0 Å². The van der Waals surface area contributed by atoms with Crippen molar-refractivity contribution >= 4 is 17.8 Å². The molecule has 1 fully saturated rings. The van der Waals surface area contributed by atoms with Crippen LogP contribution in [0.25, 0.3) is 5.69 Å². The first-order valence-corrected chi connectivity index (χ1v) is 7.53. The van der Waals surface area contributed by atoms with Gasteiger partial charge >= 0.3 is 6.03 Å². The van der Waals surface area contributed by atoms with Crippen LogP contribution in [0.5, 0.6) is 0 Å². The average Bonchev–Trinajstić information content (AvgIpc) is 3.20. The second kappa shape index (κ2) is 6.53. The minimum absolute atomic E-state index is 0.0657. The van der Waals surface area contributed by atoms with E-state index in [1.807, 2.05) is 43.5 Å². The normalized spacial score (nSPS) is 15.3. The molecule has 0 unspecified atom stereocenters. The maximum Gasteiger partial charge on any atom is 0.325 e. The summed E-state index contributed by atoms with van der Waals surface area (Å²) in [6.07, 6.45) is 3.50. The molecular formula is C16H17N5O3. The van der Waals surface area contributed by atoms with E-state index in [9.17, 15) is 14.4 Å². The van der Waals surface area contributed by atoms with Crippen molar-refractivity contribution in [3.8, 4) is 5.69 Å². The molecule has 2 N–H and O–H groups in total. The fraction of sp³-hybridized carbons (Fsp3) is 0.250. The Bertz CT molecular complexity index is 756. The molecule has 2 heterocycles. The first kappa shape index (κ1) is 15.7. The van der Waals surface area contributed by atoms with E-state index in [0.717, 1.165) is 16.2 Å². The minimum atomic E-state index is -0.542. The van der Waals surface area contributed by atoms with E-state index in [4.69, 9.17) is 0 Å². The number of rotatable bonds is 5. The Morgan fingerprint density at radius 3 is 2.79 bits per heavy atom. The van der Waals surface area contributed by atoms with Crippen LogP contribution in [0.4, 0.5) is 4.79 Å². The zero-order chi connectivity index (χ0) is 17.1. The number of aromatic nitrogens is 2. The number of imide groups is 1. The summed E-state index contributed by atoms with van der Waals surface area (Å²) in [6.45, 7) is 1.48. The third-order valence-corrected chi connectivity index (χ3v) is 3.77. The molecular weight excluding hydrogens is 310 g/mol. The van der Waals surface area contributed by atoms with Crippen molar-refractivity contribution in [1.29, 1.82) is 0 Å². The van der Waals surface area contributed by atoms with Crippen LogP contribution in [-0.4, -0.2) is 45.6 Å². The van der Waals surface area contributed by atoms with Gasteiger partial charge in [-0.1, -0.05) is 18.2 Å². The van der Waals surface area contributed by atoms with Crippen LogP contribution in [0.3, 0.4) is 0 Å². The van der Waals surface area contributed by atoms with Crippen molar-refractivity contribution in [1.82, 2.24) is 25.3 Å². The lowest BCUT2D eigenvalue weighted by Gasteiger charge is -2.19. The van der Waals surface area contributed by atoms with Crippen LogP contribution < -0.4 is 10.6 Å². The molecule has 1 aliphatic heterocycles. The standard InChI is InChI=1S/C16H17N5O3/c1-11(19-14(22)10-20-15(23)9-17-16(20)24)12-5-2-3-6-13(12)21-8-4-7-18-21/h2-8,11H,9-10H2,1H3,(H,17,24)(H,19,22)/t11-/m0/s1. The molecule has 1 atom stereocenters. The second-order valence-corrected chi connectivity index (χ2v) is 5.44. The molecule has 124 valence electrons. The Hall–Kier alpha value is -3.16. The molecule has 0 spiro atoms. The van der Waals surface area contributed by atoms with Gasteiger partial charge in [-0.15, -0.1) is 0 Å². The monoisotopic (exact) mass is 327 g/mol. The van der Waals surface area contributed by atoms with Gasteiger partial charge in [0.25, 0.3) is 5.91 Å². The lowest BCUT2D eigenvalue weighted by molar-refractivity contribution is -0.130. The highest BCUT2D eigenvalue weighted by Gasteiger charge is 2.30. The van der Waals surface area contributed by atoms with E-state index in [1.54, 1.807) is 10.9 Å². The van der Waals surface area contributed by atoms with Crippen LogP contribution >= 0.6 is 0 Å². The highest BCUT2D eigenvalue weighted by molar-refractivity contribution is 6.04. The van der Waals surface area contributed by atoms with Crippen LogP contribution in [0.1, 0.15) is 18.5 Å². The Labute approximate surface area is 138 Å². The van der Waals surface area contributed by atoms with Gasteiger partial charge in [0.05, 0.1) is 18.3 Å². The van der Waals surface area contributed by atoms with Crippen LogP contribution in [-0.2, 0) is 9.59 Å². The summed E-state index contributed by atoms with van der Waals surface area (Å²) in [5.41, 5.74) is 1.73. The third kappa shape index (κ3) is 3.12. The highest BCUT2D eigenvalue weighted by atomic mass is 16.2. The molecule has 3 rings (SSSR count). The quantitative estimate of drug-likeness (QED) is 0.786. The number of nitrogens with one attached hydrogen (secondary N) is 2. The number of amides is 4. The average molecular weight is 327 g/mol. The van der Waals surface area contributed by atoms with E-state index in [2.05, 4.69) is 15.7 Å². The van der Waals surface area contributed by atoms with Gasteiger partial charge < -0.3 is 10.6 Å². The van der Waals surface area contributed by atoms with E-state index < -0.39 is 17.8 Å². The van der Waals surface area contributed by atoms with Crippen molar-refractivity contribution < 1.29 is 14.4 Å². The summed E-state index contributed by atoms with van der Waals surface area (Å²) in [5.74, 6) is -0.803. The second-order valence-electron chi connectivity index (χ2n) is 5.44. The summed E-state index contributed by atoms with van der Waals surface area (Å²) in [6, 6.07) is 8.54. The van der Waals surface area contributed by atoms with Gasteiger partial charge in [0.1, 0.15) is 6.54 Å². The molecule has 1 aromatic carbocycles. The van der Waals surface area contributed by atoms with Crippen LogP contribution in [0.15, 0.2) is 42.7 Å². The van der Waals surface area contributed by atoms with E-state index in [1.165, 1.54) is 0 Å². The van der Waals surface area contributed by atoms with E-state index in [-0.39, 0.29) is 19.1 Å². The SMILES string of the molecule is C[C@H](NC(=O)CN1C(=O)CNC1=O)c1ccccc1-n1cccn1. The van der Waals surface area contributed by atoms with Crippen molar-refractivity contribution in [2.24, 2.45) is 0 Å². The van der Waals surface area contributed by atoms with E-state index >= 15 is 0 Å². The molecule has 8 nitrogen and oxygen atoms in total. The Morgan fingerprint density at radius 2 is 2.12 bits per heavy atom. The molecule has 0 radical (unpaired) electrons. The number of hydrogen-bond acceptors (Lipinski definition) is 4. The summed E-state index contributed by atoms with van der Waals surface area (Å²) in [5, 5.41) is 9.41. The highest BCUT2D eigenvalue weighted by Crippen LogP contribution is 2.20. The maximum atomic E-state index is 12.2. The Kier molecular flexibility index (Phi) is 4.28.